The Hall–Kier alpha value is -0.933. The molecule has 4 heteroatoms. The Morgan fingerprint density at radius 3 is 1.53 bits per heavy atom. The molecule has 2 aromatic rings. The minimum Gasteiger partial charge on any atom is -1.00 e. The molecule has 2 aliphatic carbocycles. The molecule has 0 saturated heterocycles. The van der Waals surface area contributed by atoms with Crippen molar-refractivity contribution in [2.24, 2.45) is 0 Å². The number of benzene rings is 2. The molecule has 2 aromatic carbocycles. The molecule has 0 nitrogen and oxygen atoms in total. The fourth-order valence-electron chi connectivity index (χ4n) is 4.73. The zero-order chi connectivity index (χ0) is 21.1. The van der Waals surface area contributed by atoms with E-state index in [1.54, 1.807) is 11.1 Å². The van der Waals surface area contributed by atoms with Gasteiger partial charge in [0, 0.05) is 0 Å². The van der Waals surface area contributed by atoms with Gasteiger partial charge in [-0.2, -0.15) is 0 Å². The molecule has 0 atom stereocenters. The van der Waals surface area contributed by atoms with Crippen molar-refractivity contribution in [3.63, 3.8) is 0 Å². The van der Waals surface area contributed by atoms with Gasteiger partial charge in [0.15, 0.2) is 0 Å². The first-order chi connectivity index (χ1) is 14.6. The van der Waals surface area contributed by atoms with Crippen molar-refractivity contribution < 1.29 is 44.9 Å². The van der Waals surface area contributed by atoms with Gasteiger partial charge in [0.2, 0.25) is 0 Å². The van der Waals surface area contributed by atoms with Gasteiger partial charge in [-0.3, -0.25) is 0 Å². The third-order valence-corrected chi connectivity index (χ3v) is 30.7. The summed E-state index contributed by atoms with van der Waals surface area (Å²) in [5.41, 5.74) is 8.60. The molecule has 0 aromatic heterocycles. The minimum atomic E-state index is -2.12. The normalized spacial score (nSPS) is 14.2. The molecule has 0 aliphatic heterocycles. The topological polar surface area (TPSA) is 0 Å². The van der Waals surface area contributed by atoms with E-state index in [2.05, 4.69) is 99.8 Å². The quantitative estimate of drug-likeness (QED) is 0.420. The fraction of sp³-hybridized carbons (Fsp3) is 0.286. The van der Waals surface area contributed by atoms with Gasteiger partial charge in [-0.05, 0) is 0 Å². The number of allylic oxidation sites excluding steroid dienone is 8. The van der Waals surface area contributed by atoms with Crippen molar-refractivity contribution in [3.8, 4) is 0 Å². The molecule has 0 fully saturated rings. The maximum atomic E-state index is 2.59. The van der Waals surface area contributed by atoms with Gasteiger partial charge < -0.3 is 24.8 Å². The van der Waals surface area contributed by atoms with Gasteiger partial charge >= 0.3 is 191 Å². The Bertz CT molecular complexity index is 1050. The average Bonchev–Trinajstić information content (AvgIpc) is 3.44. The summed E-state index contributed by atoms with van der Waals surface area (Å²) < 4.78 is 3.71. The van der Waals surface area contributed by atoms with E-state index in [1.807, 2.05) is 6.66 Å². The van der Waals surface area contributed by atoms with Crippen LogP contribution in [0.1, 0.15) is 48.9 Å². The number of aryl methyl sites for hydroxylation is 2. The van der Waals surface area contributed by atoms with Crippen LogP contribution < -0.4 is 24.8 Å². The van der Waals surface area contributed by atoms with Gasteiger partial charge in [-0.25, -0.2) is 0 Å². The molecule has 2 aliphatic rings. The Balaban J connectivity index is 0.00000181. The largest absolute Gasteiger partial charge is 1.00 e. The molecule has 0 bridgehead atoms. The molecule has 0 spiro atoms. The maximum Gasteiger partial charge on any atom is -1.00 e. The molecule has 0 heterocycles. The van der Waals surface area contributed by atoms with Gasteiger partial charge in [0.25, 0.3) is 0 Å². The molecule has 32 heavy (non-hydrogen) atoms. The van der Waals surface area contributed by atoms with Gasteiger partial charge in [0.05, 0.1) is 0 Å². The predicted molar refractivity (Wildman–Crippen MR) is 130 cm³/mol. The maximum absolute atomic E-state index is 2.59. The summed E-state index contributed by atoms with van der Waals surface area (Å²) in [5.74, 6) is 0. The number of hydrogen-bond donors (Lipinski definition) is 0. The summed E-state index contributed by atoms with van der Waals surface area (Å²) in [7, 11) is 0. The molecule has 0 amide bonds. The second-order valence-electron chi connectivity index (χ2n) is 8.48. The first-order valence-corrected chi connectivity index (χ1v) is 22.8. The Morgan fingerprint density at radius 1 is 0.719 bits per heavy atom. The van der Waals surface area contributed by atoms with Crippen LogP contribution in [0.15, 0.2) is 79.5 Å². The summed E-state index contributed by atoms with van der Waals surface area (Å²) in [6, 6.07) is 18.5. The molecule has 0 unspecified atom stereocenters. The molecule has 0 radical (unpaired) electrons. The Kier molecular flexibility index (Phi) is 10.7. The van der Waals surface area contributed by atoms with E-state index in [4.69, 9.17) is 0 Å². The van der Waals surface area contributed by atoms with Crippen LogP contribution in [0.2, 0.25) is 13.1 Å². The Labute approximate surface area is 214 Å². The molecular formula is C28H32Cl2HfSi. The van der Waals surface area contributed by atoms with E-state index in [9.17, 15) is 0 Å². The number of hydrogen-bond acceptors (Lipinski definition) is 0. The molecule has 4 rings (SSSR count). The molecule has 0 N–H and O–H groups in total. The zero-order valence-corrected chi connectivity index (χ0v) is 25.6. The van der Waals surface area contributed by atoms with Crippen LogP contribution in [-0.4, -0.2) is 5.49 Å². The van der Waals surface area contributed by atoms with Crippen molar-refractivity contribution in [2.45, 2.75) is 52.6 Å². The molecular weight excluding hydrogens is 614 g/mol. The smallest absolute Gasteiger partial charge is 1.00 e. The average molecular weight is 646 g/mol. The van der Waals surface area contributed by atoms with Crippen molar-refractivity contribution in [1.82, 2.24) is 0 Å². The number of rotatable bonds is 6. The molecule has 0 saturated carbocycles. The van der Waals surface area contributed by atoms with Crippen LogP contribution in [-0.2, 0) is 32.9 Å². The van der Waals surface area contributed by atoms with Crippen molar-refractivity contribution in [2.75, 3.05) is 0 Å². The van der Waals surface area contributed by atoms with E-state index in [1.165, 1.54) is 35.1 Å². The first kappa shape index (κ1) is 27.3. The second-order valence-corrected chi connectivity index (χ2v) is 32.4. The summed E-state index contributed by atoms with van der Waals surface area (Å²) in [4.78, 5) is 0. The van der Waals surface area contributed by atoms with Crippen LogP contribution >= 0.6 is 0 Å². The SMILES string of the molecule is CCc1cccc(C2=[C]([Hf+2]([C]3=C(c4cccc(CC)c4)C=CC3)=[Si](C)C)CC=C2)c1.[Cl-].[Cl-]. The third kappa shape index (κ3) is 5.76. The molecule has 166 valence electrons. The van der Waals surface area contributed by atoms with Crippen LogP contribution in [0.3, 0.4) is 0 Å². The van der Waals surface area contributed by atoms with Gasteiger partial charge in [0.1, 0.15) is 0 Å². The summed E-state index contributed by atoms with van der Waals surface area (Å²) in [6.45, 7) is 9.69. The second kappa shape index (κ2) is 12.5. The van der Waals surface area contributed by atoms with E-state index >= 15 is 0 Å². The third-order valence-electron chi connectivity index (χ3n) is 6.26. The number of halogens is 2. The fourth-order valence-corrected chi connectivity index (χ4v) is 30.0. The van der Waals surface area contributed by atoms with E-state index in [0.717, 1.165) is 12.8 Å². The summed E-state index contributed by atoms with van der Waals surface area (Å²) in [5, 5.41) is 0. The monoisotopic (exact) mass is 646 g/mol. The zero-order valence-electron chi connectivity index (χ0n) is 19.5. The minimum absolute atomic E-state index is 0. The van der Waals surface area contributed by atoms with E-state index < -0.39 is 20.1 Å². The van der Waals surface area contributed by atoms with Crippen LogP contribution in [0.5, 0.6) is 0 Å². The first-order valence-electron chi connectivity index (χ1n) is 11.3. The van der Waals surface area contributed by atoms with Crippen LogP contribution in [0.4, 0.5) is 0 Å². The van der Waals surface area contributed by atoms with E-state index in [-0.39, 0.29) is 30.3 Å². The van der Waals surface area contributed by atoms with Crippen molar-refractivity contribution in [3.05, 3.63) is 102 Å². The van der Waals surface area contributed by atoms with Crippen LogP contribution in [0, 0.1) is 0 Å². The van der Waals surface area contributed by atoms with Gasteiger partial charge in [-0.1, -0.05) is 0 Å². The standard InChI is InChI=1S/2C13H13.C2H6Si.2ClH.Hf/c2*1-2-11-6-5-9-13(10-11)12-7-3-4-8-12;1-3-2;;;/h2*3,5-7,9-10H,2,4H2,1H3;1-2H3;2*1H;/q;;;;;+2/p-2. The van der Waals surface area contributed by atoms with Crippen LogP contribution in [0.25, 0.3) is 11.1 Å². The van der Waals surface area contributed by atoms with Crippen molar-refractivity contribution in [1.29, 1.82) is 0 Å². The predicted octanol–water partition coefficient (Wildman–Crippen LogP) is 1.73. The summed E-state index contributed by atoms with van der Waals surface area (Å²) in [6.07, 6.45) is 14.3. The summed E-state index contributed by atoms with van der Waals surface area (Å²) >= 11 is -2.12. The Morgan fingerprint density at radius 2 is 1.16 bits per heavy atom. The van der Waals surface area contributed by atoms with Gasteiger partial charge in [-0.15, -0.1) is 0 Å². The van der Waals surface area contributed by atoms with Crippen molar-refractivity contribution >= 4 is 16.6 Å². The van der Waals surface area contributed by atoms with E-state index in [0.29, 0.717) is 0 Å².